The Bertz CT molecular complexity index is 572. The molecule has 0 aliphatic rings. The predicted molar refractivity (Wildman–Crippen MR) is 73.9 cm³/mol. The summed E-state index contributed by atoms with van der Waals surface area (Å²) in [5, 5.41) is 9.99. The van der Waals surface area contributed by atoms with Crippen molar-refractivity contribution in [2.24, 2.45) is 0 Å². The van der Waals surface area contributed by atoms with Crippen molar-refractivity contribution in [1.29, 1.82) is 0 Å². The van der Waals surface area contributed by atoms with Crippen LogP contribution < -0.4 is 0 Å². The number of benzene rings is 2. The van der Waals surface area contributed by atoms with Crippen molar-refractivity contribution in [2.45, 2.75) is 18.9 Å². The molecule has 2 rings (SSSR count). The van der Waals surface area contributed by atoms with Crippen molar-refractivity contribution in [3.05, 3.63) is 69.7 Å². The summed E-state index contributed by atoms with van der Waals surface area (Å²) in [5.74, 6) is -0.699. The van der Waals surface area contributed by atoms with E-state index in [0.717, 1.165) is 0 Å². The van der Waals surface area contributed by atoms with Crippen molar-refractivity contribution in [1.82, 2.24) is 0 Å². The van der Waals surface area contributed by atoms with Crippen LogP contribution in [0.4, 0.5) is 8.78 Å². The molecule has 19 heavy (non-hydrogen) atoms. The van der Waals surface area contributed by atoms with Gasteiger partial charge in [0.15, 0.2) is 0 Å². The highest BCUT2D eigenvalue weighted by Gasteiger charge is 2.13. The maximum Gasteiger partial charge on any atom is 0.137 e. The third-order valence-corrected chi connectivity index (χ3v) is 3.79. The average molecular weight is 327 g/mol. The lowest BCUT2D eigenvalue weighted by molar-refractivity contribution is 0.174. The molecule has 1 nitrogen and oxygen atoms in total. The number of aliphatic hydroxyl groups excluding tert-OH is 1. The summed E-state index contributed by atoms with van der Waals surface area (Å²) < 4.78 is 27.1. The van der Waals surface area contributed by atoms with Gasteiger partial charge in [-0.15, -0.1) is 0 Å². The molecule has 1 unspecified atom stereocenters. The van der Waals surface area contributed by atoms with Gasteiger partial charge >= 0.3 is 0 Å². The zero-order chi connectivity index (χ0) is 13.8. The Kier molecular flexibility index (Phi) is 4.66. The van der Waals surface area contributed by atoms with Gasteiger partial charge in [0.05, 0.1) is 10.6 Å². The Balaban J connectivity index is 2.08. The van der Waals surface area contributed by atoms with Crippen LogP contribution in [0.15, 0.2) is 46.9 Å². The fourth-order valence-corrected chi connectivity index (χ4v) is 2.38. The van der Waals surface area contributed by atoms with Gasteiger partial charge in [-0.2, -0.15) is 0 Å². The molecule has 0 fully saturated rings. The van der Waals surface area contributed by atoms with Gasteiger partial charge in [-0.05, 0) is 45.6 Å². The Morgan fingerprint density at radius 1 is 0.895 bits per heavy atom. The molecule has 2 aromatic carbocycles. The Morgan fingerprint density at radius 2 is 1.47 bits per heavy atom. The minimum atomic E-state index is -0.755. The van der Waals surface area contributed by atoms with Gasteiger partial charge in [-0.1, -0.05) is 30.3 Å². The summed E-state index contributed by atoms with van der Waals surface area (Å²) in [6.07, 6.45) is -0.280. The van der Waals surface area contributed by atoms with E-state index in [4.69, 9.17) is 0 Å². The number of aliphatic hydroxyl groups is 1. The number of hydrogen-bond acceptors (Lipinski definition) is 1. The molecule has 0 saturated carbocycles. The van der Waals surface area contributed by atoms with Crippen LogP contribution >= 0.6 is 15.9 Å². The van der Waals surface area contributed by atoms with Gasteiger partial charge in [-0.3, -0.25) is 0 Å². The van der Waals surface area contributed by atoms with E-state index in [9.17, 15) is 13.9 Å². The van der Waals surface area contributed by atoms with Crippen LogP contribution in [0.2, 0.25) is 0 Å². The van der Waals surface area contributed by atoms with Crippen molar-refractivity contribution < 1.29 is 13.9 Å². The number of hydrogen-bond donors (Lipinski definition) is 1. The van der Waals surface area contributed by atoms with Crippen LogP contribution in [0.1, 0.15) is 11.1 Å². The topological polar surface area (TPSA) is 20.2 Å². The lowest BCUT2D eigenvalue weighted by Gasteiger charge is -2.12. The van der Waals surface area contributed by atoms with Crippen LogP contribution in [0, 0.1) is 11.6 Å². The third kappa shape index (κ3) is 3.61. The smallest absolute Gasteiger partial charge is 0.137 e. The summed E-state index contributed by atoms with van der Waals surface area (Å²) in [6.45, 7) is 0. The average Bonchev–Trinajstić information content (AvgIpc) is 2.38. The standard InChI is InChI=1S/C15H13BrF2O/c16-15-11(5-3-7-14(15)18)9-12(19)8-10-4-1-2-6-13(10)17/h1-7,12,19H,8-9H2. The SMILES string of the molecule is OC(Cc1ccccc1F)Cc1cccc(F)c1Br. The van der Waals surface area contributed by atoms with Gasteiger partial charge < -0.3 is 5.11 Å². The van der Waals surface area contributed by atoms with E-state index in [0.29, 0.717) is 15.6 Å². The first kappa shape index (κ1) is 14.2. The second-order valence-electron chi connectivity index (χ2n) is 4.37. The Labute approximate surface area is 119 Å². The lowest BCUT2D eigenvalue weighted by atomic mass is 10.0. The first-order valence-electron chi connectivity index (χ1n) is 5.92. The summed E-state index contributed by atoms with van der Waals surface area (Å²) >= 11 is 3.15. The highest BCUT2D eigenvalue weighted by atomic mass is 79.9. The summed E-state index contributed by atoms with van der Waals surface area (Å²) in [4.78, 5) is 0. The molecule has 0 aromatic heterocycles. The molecule has 2 aromatic rings. The van der Waals surface area contributed by atoms with Gasteiger partial charge in [-0.25, -0.2) is 8.78 Å². The third-order valence-electron chi connectivity index (χ3n) is 2.90. The van der Waals surface area contributed by atoms with E-state index in [2.05, 4.69) is 15.9 Å². The van der Waals surface area contributed by atoms with E-state index in [1.807, 2.05) is 0 Å². The van der Waals surface area contributed by atoms with Crippen LogP contribution in [0.3, 0.4) is 0 Å². The molecule has 100 valence electrons. The van der Waals surface area contributed by atoms with E-state index in [-0.39, 0.29) is 24.5 Å². The van der Waals surface area contributed by atoms with Crippen molar-refractivity contribution in [3.63, 3.8) is 0 Å². The zero-order valence-corrected chi connectivity index (χ0v) is 11.7. The monoisotopic (exact) mass is 326 g/mol. The molecule has 0 spiro atoms. The quantitative estimate of drug-likeness (QED) is 0.904. The fourth-order valence-electron chi connectivity index (χ4n) is 1.95. The van der Waals surface area contributed by atoms with Gasteiger partial charge in [0.1, 0.15) is 11.6 Å². The first-order chi connectivity index (χ1) is 9.08. The molecule has 0 bridgehead atoms. The molecule has 0 heterocycles. The predicted octanol–water partition coefficient (Wildman–Crippen LogP) is 3.87. The molecular formula is C15H13BrF2O. The van der Waals surface area contributed by atoms with Crippen LogP contribution in [0.25, 0.3) is 0 Å². The minimum Gasteiger partial charge on any atom is -0.392 e. The minimum absolute atomic E-state index is 0.204. The summed E-state index contributed by atoms with van der Waals surface area (Å²) in [6, 6.07) is 11.0. The lowest BCUT2D eigenvalue weighted by Crippen LogP contribution is -2.15. The van der Waals surface area contributed by atoms with Crippen molar-refractivity contribution >= 4 is 15.9 Å². The van der Waals surface area contributed by atoms with E-state index < -0.39 is 6.10 Å². The molecule has 1 atom stereocenters. The molecule has 0 aliphatic heterocycles. The summed E-state index contributed by atoms with van der Waals surface area (Å²) in [7, 11) is 0. The van der Waals surface area contributed by atoms with E-state index in [1.54, 1.807) is 30.3 Å². The van der Waals surface area contributed by atoms with E-state index in [1.165, 1.54) is 12.1 Å². The molecule has 0 aliphatic carbocycles. The van der Waals surface area contributed by atoms with Gasteiger partial charge in [0.2, 0.25) is 0 Å². The molecule has 0 saturated heterocycles. The van der Waals surface area contributed by atoms with Crippen LogP contribution in [0.5, 0.6) is 0 Å². The Hall–Kier alpha value is -1.26. The Morgan fingerprint density at radius 3 is 2.21 bits per heavy atom. The van der Waals surface area contributed by atoms with Gasteiger partial charge in [0, 0.05) is 6.42 Å². The zero-order valence-electron chi connectivity index (χ0n) is 10.1. The summed E-state index contributed by atoms with van der Waals surface area (Å²) in [5.41, 5.74) is 1.13. The van der Waals surface area contributed by atoms with Crippen LogP contribution in [-0.4, -0.2) is 11.2 Å². The highest BCUT2D eigenvalue weighted by molar-refractivity contribution is 9.10. The maximum absolute atomic E-state index is 13.5. The van der Waals surface area contributed by atoms with Crippen molar-refractivity contribution in [3.8, 4) is 0 Å². The molecule has 4 heteroatoms. The molecule has 1 N–H and O–H groups in total. The number of halogens is 3. The second kappa shape index (κ2) is 6.26. The normalized spacial score (nSPS) is 12.4. The van der Waals surface area contributed by atoms with Crippen LogP contribution in [-0.2, 0) is 12.8 Å². The fraction of sp³-hybridized carbons (Fsp3) is 0.200. The first-order valence-corrected chi connectivity index (χ1v) is 6.71. The molecule has 0 amide bonds. The second-order valence-corrected chi connectivity index (χ2v) is 5.16. The van der Waals surface area contributed by atoms with Crippen molar-refractivity contribution in [2.75, 3.05) is 0 Å². The number of rotatable bonds is 4. The molecule has 0 radical (unpaired) electrons. The largest absolute Gasteiger partial charge is 0.392 e. The van der Waals surface area contributed by atoms with E-state index >= 15 is 0 Å². The highest BCUT2D eigenvalue weighted by Crippen LogP contribution is 2.22. The molecular weight excluding hydrogens is 314 g/mol. The maximum atomic E-state index is 13.5. The van der Waals surface area contributed by atoms with Gasteiger partial charge in [0.25, 0.3) is 0 Å².